The van der Waals surface area contributed by atoms with Gasteiger partial charge in [-0.3, -0.25) is 19.6 Å². The van der Waals surface area contributed by atoms with Crippen LogP contribution in [0, 0.1) is 17.0 Å². The molecule has 0 aliphatic rings. The SMILES string of the molecule is COc1ccc([N+](=O)[O-])cc1S(=O)(=O)Nc1ccc(NC(C)=O)c(C)c1. The van der Waals surface area contributed by atoms with Gasteiger partial charge in [0.2, 0.25) is 5.91 Å². The molecule has 0 radical (unpaired) electrons. The minimum Gasteiger partial charge on any atom is -0.495 e. The number of benzene rings is 2. The Balaban J connectivity index is 2.40. The first kappa shape index (κ1) is 19.2. The van der Waals surface area contributed by atoms with Crippen LogP contribution >= 0.6 is 0 Å². The average molecular weight is 379 g/mol. The molecule has 0 aliphatic carbocycles. The number of amides is 1. The number of nitro benzene ring substituents is 1. The molecule has 0 heterocycles. The standard InChI is InChI=1S/C16H17N3O6S/c1-10-8-12(4-6-14(10)17-11(2)20)18-26(23,24)16-9-13(19(21)22)5-7-15(16)25-3/h4-9,18H,1-3H3,(H,17,20). The zero-order valence-electron chi connectivity index (χ0n) is 14.3. The molecule has 1 amide bonds. The molecule has 0 fully saturated rings. The maximum absolute atomic E-state index is 12.6. The minimum atomic E-state index is -4.13. The Hall–Kier alpha value is -3.14. The Morgan fingerprint density at radius 1 is 1.19 bits per heavy atom. The second-order valence-corrected chi connectivity index (χ2v) is 7.06. The first-order valence-corrected chi connectivity index (χ1v) is 8.86. The summed E-state index contributed by atoms with van der Waals surface area (Å²) >= 11 is 0. The van der Waals surface area contributed by atoms with Gasteiger partial charge in [-0.05, 0) is 36.8 Å². The van der Waals surface area contributed by atoms with Gasteiger partial charge in [-0.25, -0.2) is 8.42 Å². The summed E-state index contributed by atoms with van der Waals surface area (Å²) in [6, 6.07) is 7.87. The van der Waals surface area contributed by atoms with Gasteiger partial charge >= 0.3 is 0 Å². The summed E-state index contributed by atoms with van der Waals surface area (Å²) in [5, 5.41) is 13.5. The van der Waals surface area contributed by atoms with Crippen molar-refractivity contribution in [3.63, 3.8) is 0 Å². The molecule has 2 rings (SSSR count). The van der Waals surface area contributed by atoms with Crippen molar-refractivity contribution < 1.29 is 22.9 Å². The van der Waals surface area contributed by atoms with Gasteiger partial charge in [-0.15, -0.1) is 0 Å². The van der Waals surface area contributed by atoms with Crippen molar-refractivity contribution in [1.29, 1.82) is 0 Å². The van der Waals surface area contributed by atoms with Crippen LogP contribution in [0.2, 0.25) is 0 Å². The van der Waals surface area contributed by atoms with Gasteiger partial charge < -0.3 is 10.1 Å². The summed E-state index contributed by atoms with van der Waals surface area (Å²) < 4.78 is 32.6. The number of rotatable bonds is 6. The molecule has 9 nitrogen and oxygen atoms in total. The van der Waals surface area contributed by atoms with E-state index in [1.165, 1.54) is 32.2 Å². The molecule has 0 bridgehead atoms. The van der Waals surface area contributed by atoms with Gasteiger partial charge in [0.25, 0.3) is 15.7 Å². The summed E-state index contributed by atoms with van der Waals surface area (Å²) in [5.41, 5.74) is 1.06. The smallest absolute Gasteiger partial charge is 0.271 e. The van der Waals surface area contributed by atoms with Crippen LogP contribution in [-0.2, 0) is 14.8 Å². The Morgan fingerprint density at radius 3 is 2.42 bits per heavy atom. The number of carbonyl (C=O) groups excluding carboxylic acids is 1. The second-order valence-electron chi connectivity index (χ2n) is 5.41. The topological polar surface area (TPSA) is 128 Å². The Morgan fingerprint density at radius 2 is 1.88 bits per heavy atom. The summed E-state index contributed by atoms with van der Waals surface area (Å²) in [6.07, 6.45) is 0. The molecule has 138 valence electrons. The van der Waals surface area contributed by atoms with Crippen LogP contribution in [0.1, 0.15) is 12.5 Å². The van der Waals surface area contributed by atoms with E-state index in [1.54, 1.807) is 13.0 Å². The van der Waals surface area contributed by atoms with E-state index in [0.29, 0.717) is 11.3 Å². The number of carbonyl (C=O) groups is 1. The molecule has 0 atom stereocenters. The number of methoxy groups -OCH3 is 1. The fourth-order valence-electron chi connectivity index (χ4n) is 2.26. The monoisotopic (exact) mass is 379 g/mol. The Bertz CT molecular complexity index is 972. The van der Waals surface area contributed by atoms with Crippen molar-refractivity contribution in [3.05, 3.63) is 52.1 Å². The summed E-state index contributed by atoms with van der Waals surface area (Å²) in [6.45, 7) is 3.07. The third-order valence-corrected chi connectivity index (χ3v) is 4.84. The lowest BCUT2D eigenvalue weighted by Crippen LogP contribution is -2.15. The largest absolute Gasteiger partial charge is 0.495 e. The maximum Gasteiger partial charge on any atom is 0.271 e. The van der Waals surface area contributed by atoms with E-state index in [2.05, 4.69) is 10.0 Å². The third kappa shape index (κ3) is 4.28. The van der Waals surface area contributed by atoms with Gasteiger partial charge in [0.15, 0.2) is 0 Å². The lowest BCUT2D eigenvalue weighted by atomic mass is 10.2. The number of nitro groups is 1. The highest BCUT2D eigenvalue weighted by molar-refractivity contribution is 7.92. The number of sulfonamides is 1. The highest BCUT2D eigenvalue weighted by atomic mass is 32.2. The molecule has 0 saturated heterocycles. The fraction of sp³-hybridized carbons (Fsp3) is 0.188. The first-order valence-electron chi connectivity index (χ1n) is 7.37. The van der Waals surface area contributed by atoms with E-state index in [4.69, 9.17) is 4.74 Å². The molecule has 2 N–H and O–H groups in total. The van der Waals surface area contributed by atoms with E-state index in [-0.39, 0.29) is 27.9 Å². The second kappa shape index (κ2) is 7.40. The van der Waals surface area contributed by atoms with Crippen molar-refractivity contribution in [2.45, 2.75) is 18.7 Å². The van der Waals surface area contributed by atoms with Crippen molar-refractivity contribution in [3.8, 4) is 5.75 Å². The predicted octanol–water partition coefficient (Wildman–Crippen LogP) is 2.67. The summed E-state index contributed by atoms with van der Waals surface area (Å²) in [5.74, 6) is -0.266. The summed E-state index contributed by atoms with van der Waals surface area (Å²) in [4.78, 5) is 21.0. The van der Waals surface area contributed by atoms with Gasteiger partial charge in [-0.1, -0.05) is 0 Å². The van der Waals surface area contributed by atoms with Gasteiger partial charge in [0.05, 0.1) is 12.0 Å². The molecular weight excluding hydrogens is 362 g/mol. The number of non-ortho nitro benzene ring substituents is 1. The van der Waals surface area contributed by atoms with Crippen LogP contribution in [0.3, 0.4) is 0 Å². The molecule has 2 aromatic rings. The number of hydrogen-bond acceptors (Lipinski definition) is 6. The Labute approximate surface area is 150 Å². The number of nitrogens with one attached hydrogen (secondary N) is 2. The average Bonchev–Trinajstić information content (AvgIpc) is 2.56. The molecule has 0 spiro atoms. The third-order valence-electron chi connectivity index (χ3n) is 3.44. The van der Waals surface area contributed by atoms with Crippen LogP contribution < -0.4 is 14.8 Å². The van der Waals surface area contributed by atoms with Gasteiger partial charge in [0, 0.05) is 30.4 Å². The quantitative estimate of drug-likeness (QED) is 0.587. The molecule has 0 aliphatic heterocycles. The number of hydrogen-bond donors (Lipinski definition) is 2. The van der Waals surface area contributed by atoms with E-state index >= 15 is 0 Å². The number of aryl methyl sites for hydroxylation is 1. The Kier molecular flexibility index (Phi) is 5.46. The van der Waals surface area contributed by atoms with E-state index in [9.17, 15) is 23.3 Å². The lowest BCUT2D eigenvalue weighted by molar-refractivity contribution is -0.385. The lowest BCUT2D eigenvalue weighted by Gasteiger charge is -2.13. The molecular formula is C16H17N3O6S. The molecule has 0 unspecified atom stereocenters. The highest BCUT2D eigenvalue weighted by Crippen LogP contribution is 2.30. The van der Waals surface area contributed by atoms with Crippen LogP contribution in [0.15, 0.2) is 41.3 Å². The number of ether oxygens (including phenoxy) is 1. The first-order chi connectivity index (χ1) is 12.1. The molecule has 0 saturated carbocycles. The molecule has 26 heavy (non-hydrogen) atoms. The van der Waals surface area contributed by atoms with Crippen LogP contribution in [0.25, 0.3) is 0 Å². The van der Waals surface area contributed by atoms with Crippen molar-refractivity contribution >= 4 is 33.0 Å². The maximum atomic E-state index is 12.6. The number of anilines is 2. The zero-order valence-corrected chi connectivity index (χ0v) is 15.1. The molecule has 0 aromatic heterocycles. The summed E-state index contributed by atoms with van der Waals surface area (Å²) in [7, 11) is -2.86. The van der Waals surface area contributed by atoms with Crippen molar-refractivity contribution in [2.24, 2.45) is 0 Å². The predicted molar refractivity (Wildman–Crippen MR) is 95.9 cm³/mol. The van der Waals surface area contributed by atoms with Crippen molar-refractivity contribution in [1.82, 2.24) is 0 Å². The molecule has 10 heteroatoms. The highest BCUT2D eigenvalue weighted by Gasteiger charge is 2.23. The van der Waals surface area contributed by atoms with E-state index in [0.717, 1.165) is 12.1 Å². The zero-order chi connectivity index (χ0) is 19.5. The van der Waals surface area contributed by atoms with Crippen LogP contribution in [0.5, 0.6) is 5.75 Å². The van der Waals surface area contributed by atoms with Gasteiger partial charge in [-0.2, -0.15) is 0 Å². The fourth-order valence-corrected chi connectivity index (χ4v) is 3.50. The van der Waals surface area contributed by atoms with Crippen LogP contribution in [0.4, 0.5) is 17.1 Å². The normalized spacial score (nSPS) is 10.9. The van der Waals surface area contributed by atoms with E-state index in [1.807, 2.05) is 0 Å². The number of nitrogens with zero attached hydrogens (tertiary/aromatic N) is 1. The van der Waals surface area contributed by atoms with Gasteiger partial charge in [0.1, 0.15) is 10.6 Å². The van der Waals surface area contributed by atoms with E-state index < -0.39 is 14.9 Å². The minimum absolute atomic E-state index is 0.0188. The molecule has 2 aromatic carbocycles. The van der Waals surface area contributed by atoms with Crippen LogP contribution in [-0.4, -0.2) is 26.4 Å². The van der Waals surface area contributed by atoms with Crippen molar-refractivity contribution in [2.75, 3.05) is 17.1 Å².